The van der Waals surface area contributed by atoms with Crippen molar-refractivity contribution in [3.63, 3.8) is 0 Å². The van der Waals surface area contributed by atoms with Crippen LogP contribution in [-0.2, 0) is 24.7 Å². The van der Waals surface area contributed by atoms with Crippen molar-refractivity contribution in [1.82, 2.24) is 0 Å². The average molecular weight is 397 g/mol. The first kappa shape index (κ1) is 25.1. The van der Waals surface area contributed by atoms with Gasteiger partial charge in [0.05, 0.1) is 33.0 Å². The maximum Gasteiger partial charge on any atom is 0.200 e. The van der Waals surface area contributed by atoms with Gasteiger partial charge < -0.3 is 24.1 Å². The van der Waals surface area contributed by atoms with E-state index in [9.17, 15) is 5.11 Å². The second kappa shape index (κ2) is 15.9. The molecule has 1 rings (SSSR count). The Morgan fingerprint density at radius 1 is 0.821 bits per heavy atom. The van der Waals surface area contributed by atoms with E-state index in [-0.39, 0.29) is 12.5 Å². The molecule has 0 aromatic heterocycles. The fourth-order valence-electron chi connectivity index (χ4n) is 3.48. The highest BCUT2D eigenvalue weighted by Gasteiger charge is 2.42. The van der Waals surface area contributed by atoms with Crippen LogP contribution in [0.2, 0.25) is 0 Å². The minimum absolute atomic E-state index is 0.00379. The predicted octanol–water partition coefficient (Wildman–Crippen LogP) is 4.52. The largest absolute Gasteiger partial charge is 0.396 e. The number of hydrogen-bond acceptors (Lipinski definition) is 5. The van der Waals surface area contributed by atoms with Gasteiger partial charge in [0.1, 0.15) is 0 Å². The number of ether oxygens (including phenoxy) is 4. The lowest BCUT2D eigenvalue weighted by Crippen LogP contribution is -2.44. The first-order valence-corrected chi connectivity index (χ1v) is 10.7. The lowest BCUT2D eigenvalue weighted by atomic mass is 9.87. The third kappa shape index (κ3) is 8.58. The van der Waals surface area contributed by atoms with E-state index in [1.54, 1.807) is 14.2 Å². The molecule has 5 nitrogen and oxygen atoms in total. The van der Waals surface area contributed by atoms with E-state index in [1.807, 2.05) is 30.3 Å². The van der Waals surface area contributed by atoms with Crippen molar-refractivity contribution in [3.8, 4) is 0 Å². The van der Waals surface area contributed by atoms with Crippen molar-refractivity contribution in [2.75, 3.05) is 47.3 Å². The highest BCUT2D eigenvalue weighted by Crippen LogP contribution is 2.38. The third-order valence-corrected chi connectivity index (χ3v) is 5.05. The second-order valence-corrected chi connectivity index (χ2v) is 7.15. The average Bonchev–Trinajstić information content (AvgIpc) is 2.73. The Kier molecular flexibility index (Phi) is 14.2. The summed E-state index contributed by atoms with van der Waals surface area (Å²) in [6.07, 6.45) is 8.10. The molecule has 0 aliphatic heterocycles. The molecule has 0 spiro atoms. The van der Waals surface area contributed by atoms with Gasteiger partial charge in [0.15, 0.2) is 5.79 Å². The Balaban J connectivity index is 2.94. The molecule has 1 aromatic rings. The monoisotopic (exact) mass is 396 g/mol. The van der Waals surface area contributed by atoms with Crippen LogP contribution in [0.1, 0.15) is 57.4 Å². The summed E-state index contributed by atoms with van der Waals surface area (Å²) >= 11 is 0. The third-order valence-electron chi connectivity index (χ3n) is 5.05. The van der Waals surface area contributed by atoms with E-state index >= 15 is 0 Å². The van der Waals surface area contributed by atoms with Crippen LogP contribution < -0.4 is 0 Å². The Morgan fingerprint density at radius 3 is 1.93 bits per heavy atom. The van der Waals surface area contributed by atoms with Gasteiger partial charge in [-0.1, -0.05) is 75.8 Å². The van der Waals surface area contributed by atoms with E-state index in [1.165, 1.54) is 25.7 Å². The zero-order valence-corrected chi connectivity index (χ0v) is 18.0. The molecule has 5 heteroatoms. The van der Waals surface area contributed by atoms with Gasteiger partial charge in [-0.25, -0.2) is 0 Å². The summed E-state index contributed by atoms with van der Waals surface area (Å²) in [6, 6.07) is 9.93. The van der Waals surface area contributed by atoms with Crippen LogP contribution in [0, 0.1) is 5.92 Å². The fourth-order valence-corrected chi connectivity index (χ4v) is 3.48. The molecule has 0 bridgehead atoms. The molecule has 1 atom stereocenters. The molecule has 0 aliphatic rings. The Hall–Kier alpha value is -0.980. The fraction of sp³-hybridized carbons (Fsp3) is 0.739. The van der Waals surface area contributed by atoms with E-state index in [2.05, 4.69) is 6.92 Å². The summed E-state index contributed by atoms with van der Waals surface area (Å²) in [4.78, 5) is 0. The highest BCUT2D eigenvalue weighted by molar-refractivity contribution is 5.21. The van der Waals surface area contributed by atoms with Gasteiger partial charge in [-0.15, -0.1) is 0 Å². The molecule has 0 heterocycles. The molecule has 0 radical (unpaired) electrons. The van der Waals surface area contributed by atoms with Crippen molar-refractivity contribution in [3.05, 3.63) is 35.9 Å². The lowest BCUT2D eigenvalue weighted by molar-refractivity contribution is -0.289. The Morgan fingerprint density at radius 2 is 1.39 bits per heavy atom. The van der Waals surface area contributed by atoms with Gasteiger partial charge in [-0.3, -0.25) is 0 Å². The molecule has 0 fully saturated rings. The SMILES string of the molecule is CCCCCCCCC(CO)C(OCCOC)(OCCOC)c1ccccc1. The smallest absolute Gasteiger partial charge is 0.200 e. The molecule has 1 N–H and O–H groups in total. The van der Waals surface area contributed by atoms with Crippen LogP contribution in [0.4, 0.5) is 0 Å². The molecule has 0 saturated carbocycles. The molecule has 0 amide bonds. The van der Waals surface area contributed by atoms with Crippen LogP contribution in [-0.4, -0.2) is 52.4 Å². The Bertz CT molecular complexity index is 455. The van der Waals surface area contributed by atoms with Gasteiger partial charge in [-0.05, 0) is 6.42 Å². The van der Waals surface area contributed by atoms with E-state index in [0.717, 1.165) is 24.8 Å². The zero-order valence-electron chi connectivity index (χ0n) is 18.0. The van der Waals surface area contributed by atoms with Crippen LogP contribution in [0.5, 0.6) is 0 Å². The van der Waals surface area contributed by atoms with Crippen molar-refractivity contribution in [2.45, 2.75) is 57.7 Å². The number of hydrogen-bond donors (Lipinski definition) is 1. The quantitative estimate of drug-likeness (QED) is 0.292. The standard InChI is InChI=1S/C23H40O5/c1-4-5-6-7-8-10-15-22(20-24)23(27-18-16-25-2,28-19-17-26-3)21-13-11-9-12-14-21/h9,11-14,22,24H,4-8,10,15-20H2,1-3H3. The van der Waals surface area contributed by atoms with Gasteiger partial charge in [0.25, 0.3) is 0 Å². The normalized spacial score (nSPS) is 13.0. The number of aliphatic hydroxyl groups excluding tert-OH is 1. The summed E-state index contributed by atoms with van der Waals surface area (Å²) in [6.45, 7) is 3.96. The summed E-state index contributed by atoms with van der Waals surface area (Å²) in [5.41, 5.74) is 0.923. The van der Waals surface area contributed by atoms with Crippen molar-refractivity contribution in [2.24, 2.45) is 5.92 Å². The van der Waals surface area contributed by atoms with Gasteiger partial charge in [-0.2, -0.15) is 0 Å². The number of unbranched alkanes of at least 4 members (excludes halogenated alkanes) is 5. The molecule has 0 saturated heterocycles. The minimum Gasteiger partial charge on any atom is -0.396 e. The molecule has 28 heavy (non-hydrogen) atoms. The molecular weight excluding hydrogens is 356 g/mol. The number of benzene rings is 1. The molecule has 0 aliphatic carbocycles. The molecular formula is C23H40O5. The van der Waals surface area contributed by atoms with Gasteiger partial charge >= 0.3 is 0 Å². The minimum atomic E-state index is -1.00. The number of rotatable bonds is 18. The maximum absolute atomic E-state index is 10.3. The molecule has 1 aromatic carbocycles. The highest BCUT2D eigenvalue weighted by atomic mass is 16.7. The summed E-state index contributed by atoms with van der Waals surface area (Å²) in [5, 5.41) is 10.3. The van der Waals surface area contributed by atoms with Crippen LogP contribution >= 0.6 is 0 Å². The molecule has 1 unspecified atom stereocenters. The van der Waals surface area contributed by atoms with Gasteiger partial charge in [0.2, 0.25) is 0 Å². The maximum atomic E-state index is 10.3. The van der Waals surface area contributed by atoms with E-state index in [0.29, 0.717) is 26.4 Å². The number of methoxy groups -OCH3 is 2. The van der Waals surface area contributed by atoms with Crippen molar-refractivity contribution >= 4 is 0 Å². The summed E-state index contributed by atoms with van der Waals surface area (Å²) in [7, 11) is 3.30. The van der Waals surface area contributed by atoms with Crippen LogP contribution in [0.15, 0.2) is 30.3 Å². The van der Waals surface area contributed by atoms with E-state index in [4.69, 9.17) is 18.9 Å². The first-order valence-electron chi connectivity index (χ1n) is 10.7. The summed E-state index contributed by atoms with van der Waals surface area (Å²) in [5.74, 6) is -1.16. The molecule has 162 valence electrons. The van der Waals surface area contributed by atoms with Gasteiger partial charge in [0, 0.05) is 25.7 Å². The number of aliphatic hydroxyl groups is 1. The lowest BCUT2D eigenvalue weighted by Gasteiger charge is -2.40. The van der Waals surface area contributed by atoms with Crippen LogP contribution in [0.25, 0.3) is 0 Å². The second-order valence-electron chi connectivity index (χ2n) is 7.15. The van der Waals surface area contributed by atoms with Crippen molar-refractivity contribution in [1.29, 1.82) is 0 Å². The van der Waals surface area contributed by atoms with Crippen molar-refractivity contribution < 1.29 is 24.1 Å². The topological polar surface area (TPSA) is 57.2 Å². The van der Waals surface area contributed by atoms with E-state index < -0.39 is 5.79 Å². The summed E-state index contributed by atoms with van der Waals surface area (Å²) < 4.78 is 22.9. The zero-order chi connectivity index (χ0) is 20.5. The van der Waals surface area contributed by atoms with Crippen LogP contribution in [0.3, 0.4) is 0 Å². The predicted molar refractivity (Wildman–Crippen MR) is 112 cm³/mol. The Labute approximate surface area is 171 Å². The first-order chi connectivity index (χ1) is 13.7.